The number of amides is 1. The molecule has 0 radical (unpaired) electrons. The van der Waals surface area contributed by atoms with Crippen LogP contribution in [0.3, 0.4) is 0 Å². The minimum atomic E-state index is -0.265. The van der Waals surface area contributed by atoms with Gasteiger partial charge >= 0.3 is 0 Å². The highest BCUT2D eigenvalue weighted by molar-refractivity contribution is 6.31. The molecular weight excluding hydrogens is 300 g/mol. The molecule has 0 spiro atoms. The number of nitrogens with zero attached hydrogens (tertiary/aromatic N) is 1. The lowest BCUT2D eigenvalue weighted by atomic mass is 10.1. The van der Waals surface area contributed by atoms with Crippen LogP contribution in [-0.4, -0.2) is 16.4 Å². The van der Waals surface area contributed by atoms with Crippen molar-refractivity contribution < 1.29 is 9.59 Å². The van der Waals surface area contributed by atoms with Crippen LogP contribution in [0.5, 0.6) is 0 Å². The van der Waals surface area contributed by atoms with Crippen LogP contribution >= 0.6 is 11.6 Å². The average molecular weight is 313 g/mol. The number of aromatic nitrogens is 1. The van der Waals surface area contributed by atoms with E-state index in [0.717, 1.165) is 0 Å². The number of carbonyl (C=O) groups excluding carboxylic acids is 2. The number of hydrogen-bond donors (Lipinski definition) is 1. The third kappa shape index (κ3) is 2.61. The maximum absolute atomic E-state index is 12.5. The van der Waals surface area contributed by atoms with Crippen LogP contribution < -0.4 is 5.32 Å². The SMILES string of the molecule is CC(=O)n1cc(C(=O)Nc2ccccc2)c2ccc(Cl)cc21. The van der Waals surface area contributed by atoms with Gasteiger partial charge in [-0.25, -0.2) is 0 Å². The Balaban J connectivity index is 2.07. The van der Waals surface area contributed by atoms with Crippen molar-refractivity contribution in [1.29, 1.82) is 0 Å². The second-order valence-electron chi connectivity index (χ2n) is 4.91. The summed E-state index contributed by atoms with van der Waals surface area (Å²) in [4.78, 5) is 24.2. The van der Waals surface area contributed by atoms with Gasteiger partial charge in [0.15, 0.2) is 0 Å². The minimum absolute atomic E-state index is 0.175. The fourth-order valence-electron chi connectivity index (χ4n) is 2.36. The molecule has 1 aromatic heterocycles. The lowest BCUT2D eigenvalue weighted by Crippen LogP contribution is -2.11. The number of anilines is 1. The van der Waals surface area contributed by atoms with Gasteiger partial charge in [-0.05, 0) is 24.3 Å². The van der Waals surface area contributed by atoms with E-state index in [-0.39, 0.29) is 11.8 Å². The Morgan fingerprint density at radius 3 is 2.50 bits per heavy atom. The Labute approximate surface area is 132 Å². The second-order valence-corrected chi connectivity index (χ2v) is 5.35. The van der Waals surface area contributed by atoms with E-state index in [1.807, 2.05) is 18.2 Å². The summed E-state index contributed by atoms with van der Waals surface area (Å²) < 4.78 is 1.43. The van der Waals surface area contributed by atoms with Gasteiger partial charge in [0.2, 0.25) is 5.91 Å². The van der Waals surface area contributed by atoms with Crippen molar-refractivity contribution in [3.05, 3.63) is 65.3 Å². The van der Waals surface area contributed by atoms with E-state index in [2.05, 4.69) is 5.32 Å². The lowest BCUT2D eigenvalue weighted by Gasteiger charge is -2.03. The number of carbonyl (C=O) groups is 2. The number of fused-ring (bicyclic) bond motifs is 1. The Morgan fingerprint density at radius 1 is 1.09 bits per heavy atom. The van der Waals surface area contributed by atoms with E-state index >= 15 is 0 Å². The molecule has 1 N–H and O–H groups in total. The zero-order chi connectivity index (χ0) is 15.7. The first kappa shape index (κ1) is 14.4. The van der Waals surface area contributed by atoms with Crippen LogP contribution in [0.1, 0.15) is 22.1 Å². The van der Waals surface area contributed by atoms with Crippen molar-refractivity contribution in [1.82, 2.24) is 4.57 Å². The molecule has 110 valence electrons. The van der Waals surface area contributed by atoms with Crippen LogP contribution in [-0.2, 0) is 0 Å². The van der Waals surface area contributed by atoms with Gasteiger partial charge < -0.3 is 5.32 Å². The van der Waals surface area contributed by atoms with Crippen molar-refractivity contribution in [2.75, 3.05) is 5.32 Å². The fourth-order valence-corrected chi connectivity index (χ4v) is 2.53. The highest BCUT2D eigenvalue weighted by atomic mass is 35.5. The summed E-state index contributed by atoms with van der Waals surface area (Å²) in [5.74, 6) is -0.440. The smallest absolute Gasteiger partial charge is 0.257 e. The van der Waals surface area contributed by atoms with E-state index < -0.39 is 0 Å². The van der Waals surface area contributed by atoms with Gasteiger partial charge in [0.05, 0.1) is 11.1 Å². The van der Waals surface area contributed by atoms with Crippen LogP contribution in [0, 0.1) is 0 Å². The standard InChI is InChI=1S/C17H13ClN2O2/c1-11(21)20-10-15(14-8-7-12(18)9-16(14)20)17(22)19-13-5-3-2-4-6-13/h2-10H,1H3,(H,19,22). The van der Waals surface area contributed by atoms with Crippen LogP contribution in [0.2, 0.25) is 5.02 Å². The number of benzene rings is 2. The predicted octanol–water partition coefficient (Wildman–Crippen LogP) is 4.21. The third-order valence-electron chi connectivity index (χ3n) is 3.38. The molecule has 0 bridgehead atoms. The number of hydrogen-bond acceptors (Lipinski definition) is 2. The van der Waals surface area contributed by atoms with E-state index in [0.29, 0.717) is 27.2 Å². The van der Waals surface area contributed by atoms with Crippen LogP contribution in [0.4, 0.5) is 5.69 Å². The Hall–Kier alpha value is -2.59. The summed E-state index contributed by atoms with van der Waals surface area (Å²) in [7, 11) is 0. The molecule has 5 heteroatoms. The zero-order valence-corrected chi connectivity index (χ0v) is 12.6. The normalized spacial score (nSPS) is 10.6. The van der Waals surface area contributed by atoms with Gasteiger partial charge in [-0.15, -0.1) is 0 Å². The summed E-state index contributed by atoms with van der Waals surface area (Å²) in [5.41, 5.74) is 1.76. The third-order valence-corrected chi connectivity index (χ3v) is 3.62. The molecule has 0 aliphatic rings. The highest BCUT2D eigenvalue weighted by Crippen LogP contribution is 2.25. The highest BCUT2D eigenvalue weighted by Gasteiger charge is 2.17. The summed E-state index contributed by atoms with van der Waals surface area (Å²) in [6, 6.07) is 14.3. The molecule has 0 atom stereocenters. The Bertz CT molecular complexity index is 869. The van der Waals surface area contributed by atoms with Gasteiger partial charge in [0.1, 0.15) is 0 Å². The molecule has 0 unspecified atom stereocenters. The number of para-hydroxylation sites is 1. The molecule has 0 saturated carbocycles. The zero-order valence-electron chi connectivity index (χ0n) is 11.8. The summed E-state index contributed by atoms with van der Waals surface area (Å²) in [5, 5.41) is 4.03. The van der Waals surface area contributed by atoms with Crippen molar-refractivity contribution in [3.63, 3.8) is 0 Å². The quantitative estimate of drug-likeness (QED) is 0.770. The molecule has 4 nitrogen and oxygen atoms in total. The molecule has 3 aromatic rings. The lowest BCUT2D eigenvalue weighted by molar-refractivity contribution is 0.0941. The Kier molecular flexibility index (Phi) is 3.69. The van der Waals surface area contributed by atoms with Crippen molar-refractivity contribution in [2.24, 2.45) is 0 Å². The summed E-state index contributed by atoms with van der Waals surface area (Å²) in [6.45, 7) is 1.44. The molecule has 0 saturated heterocycles. The van der Waals surface area contributed by atoms with Crippen molar-refractivity contribution in [3.8, 4) is 0 Å². The number of rotatable bonds is 2. The largest absolute Gasteiger partial charge is 0.322 e. The number of halogens is 1. The molecule has 2 aromatic carbocycles. The second kappa shape index (κ2) is 5.66. The Morgan fingerprint density at radius 2 is 1.82 bits per heavy atom. The van der Waals surface area contributed by atoms with E-state index in [4.69, 9.17) is 11.6 Å². The van der Waals surface area contributed by atoms with E-state index in [9.17, 15) is 9.59 Å². The maximum atomic E-state index is 12.5. The monoisotopic (exact) mass is 312 g/mol. The minimum Gasteiger partial charge on any atom is -0.322 e. The van der Waals surface area contributed by atoms with Gasteiger partial charge in [0, 0.05) is 29.2 Å². The molecule has 1 amide bonds. The topological polar surface area (TPSA) is 51.1 Å². The summed E-state index contributed by atoms with van der Waals surface area (Å²) >= 11 is 5.99. The molecule has 0 aliphatic carbocycles. The van der Waals surface area contributed by atoms with Gasteiger partial charge in [-0.3, -0.25) is 14.2 Å². The summed E-state index contributed by atoms with van der Waals surface area (Å²) in [6.07, 6.45) is 1.54. The first-order chi connectivity index (χ1) is 10.6. The van der Waals surface area contributed by atoms with Crippen LogP contribution in [0.15, 0.2) is 54.7 Å². The molecule has 0 aliphatic heterocycles. The predicted molar refractivity (Wildman–Crippen MR) is 87.6 cm³/mol. The number of nitrogens with one attached hydrogen (secondary N) is 1. The molecule has 3 rings (SSSR count). The van der Waals surface area contributed by atoms with Gasteiger partial charge in [-0.1, -0.05) is 35.9 Å². The van der Waals surface area contributed by atoms with Crippen molar-refractivity contribution in [2.45, 2.75) is 6.92 Å². The van der Waals surface area contributed by atoms with Gasteiger partial charge in [0.25, 0.3) is 5.91 Å². The molecule has 0 fully saturated rings. The molecule has 1 heterocycles. The van der Waals surface area contributed by atoms with E-state index in [1.165, 1.54) is 11.5 Å². The first-order valence-electron chi connectivity index (χ1n) is 6.74. The molecule has 22 heavy (non-hydrogen) atoms. The molecular formula is C17H13ClN2O2. The average Bonchev–Trinajstić information content (AvgIpc) is 2.87. The van der Waals surface area contributed by atoms with Crippen LogP contribution in [0.25, 0.3) is 10.9 Å². The van der Waals surface area contributed by atoms with Crippen molar-refractivity contribution >= 4 is 40.0 Å². The van der Waals surface area contributed by atoms with Gasteiger partial charge in [-0.2, -0.15) is 0 Å². The maximum Gasteiger partial charge on any atom is 0.257 e. The fraction of sp³-hybridized carbons (Fsp3) is 0.0588. The van der Waals surface area contributed by atoms with E-state index in [1.54, 1.807) is 36.5 Å². The first-order valence-corrected chi connectivity index (χ1v) is 7.12.